The highest BCUT2D eigenvalue weighted by molar-refractivity contribution is 5.75. The smallest absolute Gasteiger partial charge is 0.277 e. The second-order valence-electron chi connectivity index (χ2n) is 7.51. The zero-order chi connectivity index (χ0) is 18.4. The Bertz CT molecular complexity index is 1060. The molecule has 5 rings (SSSR count). The van der Waals surface area contributed by atoms with Crippen LogP contribution in [0, 0.1) is 5.92 Å². The van der Waals surface area contributed by atoms with Gasteiger partial charge in [-0.25, -0.2) is 9.67 Å². The Labute approximate surface area is 157 Å². The van der Waals surface area contributed by atoms with Crippen molar-refractivity contribution >= 4 is 22.7 Å². The second kappa shape index (κ2) is 6.49. The standard InChI is InChI=1S/C20H24N6O/c1-2-25-19(27)17-11-22-20(24-18(17)26(25)12-13-3-4-13)23-16-6-5-14-7-8-21-10-15(14)9-16/h5-6,9,11,13,21H,2-4,7-8,10,12H2,1H3,(H,22,23,24). The lowest BCUT2D eigenvalue weighted by atomic mass is 10.0. The monoisotopic (exact) mass is 364 g/mol. The highest BCUT2D eigenvalue weighted by Gasteiger charge is 2.25. The molecule has 0 saturated heterocycles. The van der Waals surface area contributed by atoms with Gasteiger partial charge in [0.15, 0.2) is 5.65 Å². The van der Waals surface area contributed by atoms with E-state index in [9.17, 15) is 4.79 Å². The first-order valence-corrected chi connectivity index (χ1v) is 9.79. The van der Waals surface area contributed by atoms with E-state index in [2.05, 4.69) is 33.8 Å². The summed E-state index contributed by atoms with van der Waals surface area (Å²) in [5, 5.41) is 7.31. The van der Waals surface area contributed by atoms with Crippen LogP contribution in [0.25, 0.3) is 11.0 Å². The van der Waals surface area contributed by atoms with Crippen molar-refractivity contribution in [2.24, 2.45) is 5.92 Å². The minimum absolute atomic E-state index is 0.000412. The maximum absolute atomic E-state index is 12.6. The first kappa shape index (κ1) is 16.5. The van der Waals surface area contributed by atoms with Crippen LogP contribution >= 0.6 is 0 Å². The predicted molar refractivity (Wildman–Crippen MR) is 105 cm³/mol. The summed E-state index contributed by atoms with van der Waals surface area (Å²) in [6.07, 6.45) is 5.19. The van der Waals surface area contributed by atoms with Gasteiger partial charge in [-0.2, -0.15) is 4.98 Å². The SMILES string of the molecule is CCn1c(=O)c2cnc(Nc3ccc4c(c3)CNCC4)nc2n1CC1CC1. The van der Waals surface area contributed by atoms with Crippen LogP contribution in [0.3, 0.4) is 0 Å². The van der Waals surface area contributed by atoms with E-state index in [-0.39, 0.29) is 5.56 Å². The third-order valence-electron chi connectivity index (χ3n) is 5.55. The molecule has 1 aromatic carbocycles. The maximum atomic E-state index is 12.6. The van der Waals surface area contributed by atoms with Crippen molar-refractivity contribution in [3.05, 3.63) is 45.9 Å². The van der Waals surface area contributed by atoms with E-state index >= 15 is 0 Å². The Morgan fingerprint density at radius 1 is 1.26 bits per heavy atom. The zero-order valence-corrected chi connectivity index (χ0v) is 15.5. The van der Waals surface area contributed by atoms with Crippen molar-refractivity contribution in [2.75, 3.05) is 11.9 Å². The number of rotatable bonds is 5. The summed E-state index contributed by atoms with van der Waals surface area (Å²) in [4.78, 5) is 21.7. The molecule has 0 unspecified atom stereocenters. The van der Waals surface area contributed by atoms with Gasteiger partial charge in [-0.05, 0) is 61.9 Å². The minimum Gasteiger partial charge on any atom is -0.324 e. The lowest BCUT2D eigenvalue weighted by Gasteiger charge is -2.18. The van der Waals surface area contributed by atoms with E-state index in [1.54, 1.807) is 10.9 Å². The second-order valence-corrected chi connectivity index (χ2v) is 7.51. The fraction of sp³-hybridized carbons (Fsp3) is 0.450. The third-order valence-corrected chi connectivity index (χ3v) is 5.55. The molecule has 0 bridgehead atoms. The third kappa shape index (κ3) is 3.02. The van der Waals surface area contributed by atoms with E-state index in [1.165, 1.54) is 24.0 Å². The zero-order valence-electron chi connectivity index (χ0n) is 15.5. The van der Waals surface area contributed by atoms with E-state index in [1.807, 2.05) is 11.6 Å². The van der Waals surface area contributed by atoms with Crippen LogP contribution in [0.5, 0.6) is 0 Å². The van der Waals surface area contributed by atoms with Gasteiger partial charge in [0.2, 0.25) is 5.95 Å². The average Bonchev–Trinajstić information content (AvgIpc) is 3.47. The lowest BCUT2D eigenvalue weighted by molar-refractivity contribution is 0.447. The van der Waals surface area contributed by atoms with Gasteiger partial charge in [0.25, 0.3) is 5.56 Å². The molecule has 3 heterocycles. The van der Waals surface area contributed by atoms with Crippen molar-refractivity contribution in [3.63, 3.8) is 0 Å². The van der Waals surface area contributed by atoms with Crippen LogP contribution in [0.4, 0.5) is 11.6 Å². The Morgan fingerprint density at radius 3 is 2.96 bits per heavy atom. The molecule has 0 spiro atoms. The molecule has 1 aliphatic carbocycles. The highest BCUT2D eigenvalue weighted by atomic mass is 16.1. The topological polar surface area (TPSA) is 76.8 Å². The molecular weight excluding hydrogens is 340 g/mol. The molecule has 0 atom stereocenters. The number of anilines is 2. The fourth-order valence-corrected chi connectivity index (χ4v) is 3.88. The average molecular weight is 364 g/mol. The fourth-order valence-electron chi connectivity index (χ4n) is 3.88. The van der Waals surface area contributed by atoms with Crippen LogP contribution in [-0.4, -0.2) is 25.9 Å². The molecule has 0 radical (unpaired) electrons. The van der Waals surface area contributed by atoms with E-state index < -0.39 is 0 Å². The Kier molecular flexibility index (Phi) is 3.97. The van der Waals surface area contributed by atoms with Crippen LogP contribution in [-0.2, 0) is 26.1 Å². The van der Waals surface area contributed by atoms with Crippen molar-refractivity contribution in [1.29, 1.82) is 0 Å². The Hall–Kier alpha value is -2.67. The number of fused-ring (bicyclic) bond motifs is 2. The molecule has 7 heteroatoms. The molecule has 1 saturated carbocycles. The van der Waals surface area contributed by atoms with Gasteiger partial charge in [-0.1, -0.05) is 6.07 Å². The highest BCUT2D eigenvalue weighted by Crippen LogP contribution is 2.31. The number of hydrogen-bond donors (Lipinski definition) is 2. The van der Waals surface area contributed by atoms with E-state index in [0.29, 0.717) is 23.8 Å². The molecule has 0 amide bonds. The first-order valence-electron chi connectivity index (χ1n) is 9.79. The van der Waals surface area contributed by atoms with Crippen molar-refractivity contribution < 1.29 is 0 Å². The summed E-state index contributed by atoms with van der Waals surface area (Å²) in [6, 6.07) is 6.41. The number of nitrogens with one attached hydrogen (secondary N) is 2. The van der Waals surface area contributed by atoms with Crippen LogP contribution in [0.2, 0.25) is 0 Å². The van der Waals surface area contributed by atoms with Crippen LogP contribution < -0.4 is 16.2 Å². The maximum Gasteiger partial charge on any atom is 0.277 e. The van der Waals surface area contributed by atoms with Gasteiger partial charge in [-0.15, -0.1) is 0 Å². The Morgan fingerprint density at radius 2 is 2.15 bits per heavy atom. The summed E-state index contributed by atoms with van der Waals surface area (Å²) in [5.41, 5.74) is 4.41. The van der Waals surface area contributed by atoms with Crippen molar-refractivity contribution in [3.8, 4) is 0 Å². The van der Waals surface area contributed by atoms with E-state index in [0.717, 1.165) is 37.4 Å². The predicted octanol–water partition coefficient (Wildman–Crippen LogP) is 2.41. The van der Waals surface area contributed by atoms with Crippen molar-refractivity contribution in [2.45, 2.75) is 45.8 Å². The van der Waals surface area contributed by atoms with Gasteiger partial charge in [0.05, 0.1) is 0 Å². The molecule has 2 aromatic heterocycles. The van der Waals surface area contributed by atoms with Crippen LogP contribution in [0.15, 0.2) is 29.2 Å². The largest absolute Gasteiger partial charge is 0.324 e. The summed E-state index contributed by atoms with van der Waals surface area (Å²) < 4.78 is 3.82. The number of nitrogens with zero attached hydrogens (tertiary/aromatic N) is 4. The summed E-state index contributed by atoms with van der Waals surface area (Å²) in [6.45, 7) is 5.42. The number of aromatic nitrogens is 4. The van der Waals surface area contributed by atoms with Gasteiger partial charge in [0.1, 0.15) is 5.39 Å². The molecule has 2 aliphatic rings. The minimum atomic E-state index is -0.000412. The molecule has 3 aromatic rings. The normalized spacial score (nSPS) is 16.5. The molecule has 27 heavy (non-hydrogen) atoms. The molecule has 140 valence electrons. The van der Waals surface area contributed by atoms with Crippen molar-refractivity contribution in [1.82, 2.24) is 24.6 Å². The summed E-state index contributed by atoms with van der Waals surface area (Å²) >= 11 is 0. The quantitative estimate of drug-likeness (QED) is 0.727. The summed E-state index contributed by atoms with van der Waals surface area (Å²) in [5.74, 6) is 1.20. The molecule has 7 nitrogen and oxygen atoms in total. The lowest BCUT2D eigenvalue weighted by Crippen LogP contribution is -2.23. The van der Waals surface area contributed by atoms with Gasteiger partial charge >= 0.3 is 0 Å². The molecule has 2 N–H and O–H groups in total. The summed E-state index contributed by atoms with van der Waals surface area (Å²) in [7, 11) is 0. The van der Waals surface area contributed by atoms with Gasteiger partial charge in [0, 0.05) is 31.5 Å². The Balaban J connectivity index is 1.51. The number of hydrogen-bond acceptors (Lipinski definition) is 5. The molecule has 1 aliphatic heterocycles. The van der Waals surface area contributed by atoms with Gasteiger partial charge in [-0.3, -0.25) is 9.48 Å². The van der Waals surface area contributed by atoms with E-state index in [4.69, 9.17) is 4.98 Å². The first-order chi connectivity index (χ1) is 13.2. The molecule has 1 fully saturated rings. The number of benzene rings is 1. The van der Waals surface area contributed by atoms with Crippen LogP contribution in [0.1, 0.15) is 30.9 Å². The molecular formula is C20H24N6O. The van der Waals surface area contributed by atoms with Gasteiger partial charge < -0.3 is 10.6 Å².